The Hall–Kier alpha value is -4.30. The lowest BCUT2D eigenvalue weighted by atomic mass is 10.1. The molecule has 0 N–H and O–H groups in total. The smallest absolute Gasteiger partial charge is 0.0548 e. The van der Waals surface area contributed by atoms with E-state index in [4.69, 9.17) is 0 Å². The molecule has 6 aromatic rings. The van der Waals surface area contributed by atoms with Gasteiger partial charge in [-0.1, -0.05) is 67.3 Å². The normalized spacial score (nSPS) is 11.7. The lowest BCUT2D eigenvalue weighted by Gasteiger charge is -2.09. The molecule has 0 aliphatic carbocycles. The number of hydrogen-bond acceptors (Lipinski definition) is 0. The Bertz CT molecular complexity index is 1660. The zero-order valence-electron chi connectivity index (χ0n) is 18.8. The Morgan fingerprint density at radius 2 is 1.18 bits per heavy atom. The van der Waals surface area contributed by atoms with Crippen molar-refractivity contribution in [3.05, 3.63) is 123 Å². The molecule has 33 heavy (non-hydrogen) atoms. The molecule has 0 aliphatic rings. The van der Waals surface area contributed by atoms with Gasteiger partial charge in [0.2, 0.25) is 0 Å². The molecular weight excluding hydrogens is 400 g/mol. The predicted octanol–water partition coefficient (Wildman–Crippen LogP) is 8.74. The monoisotopic (exact) mass is 426 g/mol. The highest BCUT2D eigenvalue weighted by atomic mass is 15.0. The number of hydrogen-bond donors (Lipinski definition) is 0. The van der Waals surface area contributed by atoms with Crippen LogP contribution in [0.1, 0.15) is 6.92 Å². The van der Waals surface area contributed by atoms with Gasteiger partial charge in [-0.2, -0.15) is 0 Å². The minimum absolute atomic E-state index is 1.09. The van der Waals surface area contributed by atoms with E-state index in [2.05, 4.69) is 133 Å². The first-order chi connectivity index (χ1) is 16.3. The van der Waals surface area contributed by atoms with E-state index >= 15 is 0 Å². The van der Waals surface area contributed by atoms with E-state index in [1.165, 1.54) is 49.3 Å². The van der Waals surface area contributed by atoms with E-state index in [1.807, 2.05) is 6.08 Å². The summed E-state index contributed by atoms with van der Waals surface area (Å²) in [6.45, 7) is 12.1. The zero-order chi connectivity index (χ0) is 22.9. The fraction of sp³-hybridized carbons (Fsp3) is 0.0323. The fourth-order valence-corrected chi connectivity index (χ4v) is 4.99. The van der Waals surface area contributed by atoms with Crippen LogP contribution >= 0.6 is 0 Å². The summed E-state index contributed by atoms with van der Waals surface area (Å²) < 4.78 is 4.70. The Kier molecular flexibility index (Phi) is 5.20. The first-order valence-electron chi connectivity index (χ1n) is 11.1. The van der Waals surface area contributed by atoms with Crippen LogP contribution < -0.4 is 0 Å². The number of allylic oxidation sites excluding steroid dienone is 3. The molecule has 0 spiro atoms. The quantitative estimate of drug-likeness (QED) is 0.198. The maximum absolute atomic E-state index is 4.06. The Morgan fingerprint density at radius 1 is 0.636 bits per heavy atom. The van der Waals surface area contributed by atoms with Crippen molar-refractivity contribution in [2.45, 2.75) is 6.92 Å². The Labute approximate surface area is 194 Å². The molecule has 0 amide bonds. The number of nitrogens with zero attached hydrogens (tertiary/aromatic N) is 2. The summed E-state index contributed by atoms with van der Waals surface area (Å²) in [5.74, 6) is 0. The maximum Gasteiger partial charge on any atom is 0.0548 e. The minimum Gasteiger partial charge on any atom is -0.310 e. The number of aromatic nitrogens is 2. The number of benzene rings is 4. The SMILES string of the molecule is C=C.C=C/C(=C\C)n1c2ccccc2c2c3c4ccccc4n(-c4ccccc4)c3ccc21. The maximum atomic E-state index is 4.06. The van der Waals surface area contributed by atoms with Gasteiger partial charge in [0.25, 0.3) is 0 Å². The van der Waals surface area contributed by atoms with Crippen molar-refractivity contribution < 1.29 is 0 Å². The van der Waals surface area contributed by atoms with Crippen LogP contribution in [-0.4, -0.2) is 9.13 Å². The van der Waals surface area contributed by atoms with Gasteiger partial charge < -0.3 is 9.13 Å². The fourth-order valence-electron chi connectivity index (χ4n) is 4.99. The van der Waals surface area contributed by atoms with Gasteiger partial charge in [0.1, 0.15) is 0 Å². The molecule has 0 aliphatic heterocycles. The van der Waals surface area contributed by atoms with Gasteiger partial charge in [-0.3, -0.25) is 0 Å². The molecule has 6 rings (SSSR count). The van der Waals surface area contributed by atoms with Crippen molar-refractivity contribution >= 4 is 49.3 Å². The number of rotatable bonds is 3. The van der Waals surface area contributed by atoms with Crippen molar-refractivity contribution in [2.24, 2.45) is 0 Å². The largest absolute Gasteiger partial charge is 0.310 e. The van der Waals surface area contributed by atoms with Gasteiger partial charge in [0.05, 0.1) is 22.1 Å². The van der Waals surface area contributed by atoms with Gasteiger partial charge in [-0.05, 0) is 49.4 Å². The van der Waals surface area contributed by atoms with E-state index < -0.39 is 0 Å². The summed E-state index contributed by atoms with van der Waals surface area (Å²) in [5.41, 5.74) is 7.13. The summed E-state index contributed by atoms with van der Waals surface area (Å²) in [4.78, 5) is 0. The summed E-state index contributed by atoms with van der Waals surface area (Å²) in [6, 6.07) is 32.5. The molecule has 0 radical (unpaired) electrons. The first kappa shape index (κ1) is 20.6. The second kappa shape index (κ2) is 8.33. The molecule has 2 nitrogen and oxygen atoms in total. The van der Waals surface area contributed by atoms with Crippen LogP contribution in [0.2, 0.25) is 0 Å². The van der Waals surface area contributed by atoms with Crippen molar-refractivity contribution in [3.63, 3.8) is 0 Å². The Morgan fingerprint density at radius 3 is 1.85 bits per heavy atom. The van der Waals surface area contributed by atoms with Crippen LogP contribution in [-0.2, 0) is 0 Å². The summed E-state index contributed by atoms with van der Waals surface area (Å²) >= 11 is 0. The average molecular weight is 427 g/mol. The van der Waals surface area contributed by atoms with Gasteiger partial charge >= 0.3 is 0 Å². The topological polar surface area (TPSA) is 9.86 Å². The molecule has 0 saturated heterocycles. The van der Waals surface area contributed by atoms with Crippen LogP contribution in [0.5, 0.6) is 0 Å². The standard InChI is InChI=1S/C29H22N2.C2H4/c1-3-20(4-2)30-24-16-10-8-14-22(24)28-26(30)18-19-27-29(28)23-15-9-11-17-25(23)31(27)21-12-6-5-7-13-21;1-2/h3-19H,1H2,2H3;1-2H2/b20-4+;. The van der Waals surface area contributed by atoms with Crippen LogP contribution in [0.3, 0.4) is 0 Å². The van der Waals surface area contributed by atoms with Crippen molar-refractivity contribution in [2.75, 3.05) is 0 Å². The van der Waals surface area contributed by atoms with Crippen molar-refractivity contribution in [1.29, 1.82) is 0 Å². The van der Waals surface area contributed by atoms with Crippen molar-refractivity contribution in [3.8, 4) is 5.69 Å². The van der Waals surface area contributed by atoms with Crippen LogP contribution in [0.25, 0.3) is 55.0 Å². The van der Waals surface area contributed by atoms with E-state index in [0.29, 0.717) is 0 Å². The molecule has 0 unspecified atom stereocenters. The first-order valence-corrected chi connectivity index (χ1v) is 11.1. The molecule has 4 aromatic carbocycles. The molecule has 0 bridgehead atoms. The van der Waals surface area contributed by atoms with E-state index in [-0.39, 0.29) is 0 Å². The molecule has 2 heterocycles. The molecular formula is C31H26N2. The number of fused-ring (bicyclic) bond motifs is 7. The summed E-state index contributed by atoms with van der Waals surface area (Å²) in [6.07, 6.45) is 4.06. The molecule has 160 valence electrons. The molecule has 0 saturated carbocycles. The zero-order valence-corrected chi connectivity index (χ0v) is 18.8. The Balaban J connectivity index is 0.00000111. The third-order valence-electron chi connectivity index (χ3n) is 6.25. The second-order valence-corrected chi connectivity index (χ2v) is 7.81. The third kappa shape index (κ3) is 2.95. The molecule has 2 aromatic heterocycles. The van der Waals surface area contributed by atoms with E-state index in [0.717, 1.165) is 5.70 Å². The second-order valence-electron chi connectivity index (χ2n) is 7.81. The molecule has 0 fully saturated rings. The highest BCUT2D eigenvalue weighted by molar-refractivity contribution is 6.29. The lowest BCUT2D eigenvalue weighted by molar-refractivity contribution is 1.18. The van der Waals surface area contributed by atoms with Crippen LogP contribution in [0.15, 0.2) is 123 Å². The summed E-state index contributed by atoms with van der Waals surface area (Å²) in [7, 11) is 0. The van der Waals surface area contributed by atoms with Crippen LogP contribution in [0, 0.1) is 0 Å². The molecule has 0 atom stereocenters. The highest BCUT2D eigenvalue weighted by Crippen LogP contribution is 2.42. The third-order valence-corrected chi connectivity index (χ3v) is 6.25. The van der Waals surface area contributed by atoms with E-state index in [9.17, 15) is 0 Å². The number of para-hydroxylation sites is 3. The van der Waals surface area contributed by atoms with E-state index in [1.54, 1.807) is 0 Å². The van der Waals surface area contributed by atoms with Crippen molar-refractivity contribution in [1.82, 2.24) is 9.13 Å². The van der Waals surface area contributed by atoms with Gasteiger partial charge in [0, 0.05) is 32.9 Å². The van der Waals surface area contributed by atoms with Gasteiger partial charge in [-0.15, -0.1) is 13.2 Å². The molecule has 2 heteroatoms. The van der Waals surface area contributed by atoms with Gasteiger partial charge in [0.15, 0.2) is 0 Å². The predicted molar refractivity (Wildman–Crippen MR) is 145 cm³/mol. The van der Waals surface area contributed by atoms with Crippen LogP contribution in [0.4, 0.5) is 0 Å². The van der Waals surface area contributed by atoms with Gasteiger partial charge in [-0.25, -0.2) is 0 Å². The lowest BCUT2D eigenvalue weighted by Crippen LogP contribution is -1.94. The average Bonchev–Trinajstić information content (AvgIpc) is 3.40. The summed E-state index contributed by atoms with van der Waals surface area (Å²) in [5, 5.41) is 5.13. The minimum atomic E-state index is 1.09. The highest BCUT2D eigenvalue weighted by Gasteiger charge is 2.19.